The number of carbonyl (C=O) groups excluding carboxylic acids is 1. The number of rotatable bonds is 18. The molecule has 1 aliphatic heterocycles. The zero-order valence-electron chi connectivity index (χ0n) is 38.1. The molecule has 5 aliphatic rings. The standard InChI is InChI=1S/C49H61N7O10S/c1-28-32(30-11-12-38(53-39(30)44(64)65)55-15-13-29-7-6-8-31(33(29)19-55)43(63)54-45-52-34-9-4-5-10-37(34)67-45)17-51-56(28)27-48-22-46(2)21-47(3,23-48)25-49(24-46,26-48)66-16-14-50-18-35(58)40(60)42(62)41(61)36(59)20-57/h4-12,17,35-36,40-42,50,57-62H,13-16,18-27H2,1-3H3,(H,64,65)(H,52,54,63)/t35-,36+,40-,41+,42+,46?,47?,48?,49?/m0/s1. The van der Waals surface area contributed by atoms with Crippen molar-refractivity contribution < 1.29 is 50.1 Å². The Hall–Kier alpha value is -4.89. The Bertz CT molecular complexity index is 2600. The molecule has 5 aromatic rings. The number of hydrogen-bond acceptors (Lipinski definition) is 15. The number of aliphatic hydroxyl groups excluding tert-OH is 6. The minimum Gasteiger partial charge on any atom is -0.476 e. The number of nitrogens with zero attached hydrogens (tertiary/aromatic N) is 5. The lowest BCUT2D eigenvalue weighted by Crippen LogP contribution is -2.64. The maximum atomic E-state index is 13.7. The van der Waals surface area contributed by atoms with E-state index in [4.69, 9.17) is 19.9 Å². The predicted molar refractivity (Wildman–Crippen MR) is 251 cm³/mol. The van der Waals surface area contributed by atoms with Crippen LogP contribution < -0.4 is 15.5 Å². The van der Waals surface area contributed by atoms with Crippen LogP contribution in [0.1, 0.15) is 90.0 Å². The van der Waals surface area contributed by atoms with E-state index in [9.17, 15) is 40.2 Å². The van der Waals surface area contributed by atoms with E-state index in [0.29, 0.717) is 66.8 Å². The van der Waals surface area contributed by atoms with E-state index in [0.717, 1.165) is 65.6 Å². The third-order valence-electron chi connectivity index (χ3n) is 14.7. The summed E-state index contributed by atoms with van der Waals surface area (Å²) in [5.41, 5.74) is 4.84. The molecule has 0 spiro atoms. The van der Waals surface area contributed by atoms with Gasteiger partial charge in [0.15, 0.2) is 10.8 Å². The van der Waals surface area contributed by atoms with Gasteiger partial charge in [0.25, 0.3) is 5.91 Å². The number of hydrogen-bond donors (Lipinski definition) is 9. The van der Waals surface area contributed by atoms with Gasteiger partial charge in [-0.3, -0.25) is 14.8 Å². The minimum atomic E-state index is -1.86. The van der Waals surface area contributed by atoms with Gasteiger partial charge < -0.3 is 50.7 Å². The molecule has 4 aliphatic carbocycles. The van der Waals surface area contributed by atoms with Crippen molar-refractivity contribution >= 4 is 44.4 Å². The summed E-state index contributed by atoms with van der Waals surface area (Å²) in [5, 5.41) is 81.6. The number of pyridine rings is 1. The summed E-state index contributed by atoms with van der Waals surface area (Å²) in [6, 6.07) is 17.1. The third-order valence-corrected chi connectivity index (χ3v) is 15.6. The van der Waals surface area contributed by atoms with Gasteiger partial charge in [-0.25, -0.2) is 14.8 Å². The number of carbonyl (C=O) groups is 2. The molecule has 0 saturated heterocycles. The van der Waals surface area contributed by atoms with Crippen molar-refractivity contribution in [2.75, 3.05) is 43.1 Å². The summed E-state index contributed by atoms with van der Waals surface area (Å²) in [4.78, 5) is 38.0. The quantitative estimate of drug-likeness (QED) is 0.0565. The Morgan fingerprint density at radius 3 is 2.34 bits per heavy atom. The van der Waals surface area contributed by atoms with Gasteiger partial charge in [0.05, 0.1) is 41.3 Å². The molecular formula is C49H61N7O10S. The Balaban J connectivity index is 0.876. The normalized spacial score (nSPS) is 26.6. The number of aliphatic hydroxyl groups is 6. The zero-order valence-corrected chi connectivity index (χ0v) is 38.9. The lowest BCUT2D eigenvalue weighted by molar-refractivity contribution is -0.247. The molecule has 67 heavy (non-hydrogen) atoms. The first-order chi connectivity index (χ1) is 31.9. The molecule has 18 heteroatoms. The molecule has 3 aromatic heterocycles. The Morgan fingerprint density at radius 2 is 1.61 bits per heavy atom. The number of fused-ring (bicyclic) bond motifs is 2. The number of anilines is 2. The first kappa shape index (κ1) is 47.2. The number of carboxylic acids is 1. The van der Waals surface area contributed by atoms with Crippen molar-refractivity contribution in [3.8, 4) is 11.1 Å². The van der Waals surface area contributed by atoms with E-state index in [1.54, 1.807) is 6.20 Å². The second-order valence-corrected chi connectivity index (χ2v) is 21.5. The van der Waals surface area contributed by atoms with Gasteiger partial charge in [0.1, 0.15) is 30.2 Å². The van der Waals surface area contributed by atoms with Crippen LogP contribution in [0, 0.1) is 23.2 Å². The van der Waals surface area contributed by atoms with Crippen LogP contribution in [0.3, 0.4) is 0 Å². The number of ether oxygens (including phenoxy) is 1. The van der Waals surface area contributed by atoms with Gasteiger partial charge in [-0.05, 0) is 110 Å². The van der Waals surface area contributed by atoms with Crippen molar-refractivity contribution in [2.24, 2.45) is 16.2 Å². The van der Waals surface area contributed by atoms with Crippen molar-refractivity contribution in [1.29, 1.82) is 0 Å². The molecule has 4 saturated carbocycles. The Kier molecular flexibility index (Phi) is 12.8. The summed E-state index contributed by atoms with van der Waals surface area (Å²) in [6.07, 6.45) is -0.353. The predicted octanol–water partition coefficient (Wildman–Crippen LogP) is 3.90. The Labute approximate surface area is 392 Å². The van der Waals surface area contributed by atoms with Crippen LogP contribution in [-0.4, -0.2) is 136 Å². The van der Waals surface area contributed by atoms with Crippen LogP contribution in [0.5, 0.6) is 0 Å². The maximum Gasteiger partial charge on any atom is 0.355 e. The minimum absolute atomic E-state index is 0.0450. The molecule has 358 valence electrons. The van der Waals surface area contributed by atoms with Gasteiger partial charge in [-0.15, -0.1) is 0 Å². The highest BCUT2D eigenvalue weighted by atomic mass is 32.1. The molecule has 17 nitrogen and oxygen atoms in total. The van der Waals surface area contributed by atoms with Gasteiger partial charge in [-0.2, -0.15) is 5.10 Å². The number of aromatic carboxylic acids is 1. The first-order valence-electron chi connectivity index (χ1n) is 23.1. The van der Waals surface area contributed by atoms with Crippen molar-refractivity contribution in [1.82, 2.24) is 25.1 Å². The van der Waals surface area contributed by atoms with Crippen molar-refractivity contribution in [3.05, 3.63) is 88.9 Å². The average Bonchev–Trinajstić information content (AvgIpc) is 3.86. The lowest BCUT2D eigenvalue weighted by atomic mass is 9.39. The number of amides is 1. The second kappa shape index (κ2) is 18.2. The van der Waals surface area contributed by atoms with Crippen molar-refractivity contribution in [2.45, 2.75) is 115 Å². The molecule has 4 fully saturated rings. The number of benzene rings is 2. The van der Waals surface area contributed by atoms with Gasteiger partial charge in [-0.1, -0.05) is 49.4 Å². The fourth-order valence-corrected chi connectivity index (χ4v) is 13.8. The fourth-order valence-electron chi connectivity index (χ4n) is 12.9. The zero-order chi connectivity index (χ0) is 47.5. The van der Waals surface area contributed by atoms with Crippen LogP contribution >= 0.6 is 11.3 Å². The summed E-state index contributed by atoms with van der Waals surface area (Å²) in [5.74, 6) is -0.886. The SMILES string of the molecule is Cc1c(-c2ccc(N3CCc4cccc(C(=O)Nc5nc6ccccc6s5)c4C3)nc2C(=O)O)cnn1CC12CC3(C)CC(C)(C1)CC(OCCNC[C@H](O)[C@H](O)[C@@H](O)[C@H](O)[C@H](O)CO)(C3)C2. The third kappa shape index (κ3) is 9.35. The van der Waals surface area contributed by atoms with Crippen LogP contribution in [-0.2, 0) is 24.2 Å². The van der Waals surface area contributed by atoms with E-state index < -0.39 is 43.1 Å². The molecule has 10 rings (SSSR count). The lowest BCUT2D eigenvalue weighted by Gasteiger charge is -2.69. The number of carboxylic acid groups (broad SMARTS) is 1. The highest BCUT2D eigenvalue weighted by molar-refractivity contribution is 7.22. The van der Waals surface area contributed by atoms with Crippen LogP contribution in [0.25, 0.3) is 21.3 Å². The highest BCUT2D eigenvalue weighted by Gasteiger charge is 2.66. The van der Waals surface area contributed by atoms with Gasteiger partial charge >= 0.3 is 5.97 Å². The van der Waals surface area contributed by atoms with E-state index in [2.05, 4.69) is 29.5 Å². The monoisotopic (exact) mass is 939 g/mol. The van der Waals surface area contributed by atoms with E-state index in [-0.39, 0.29) is 40.0 Å². The summed E-state index contributed by atoms with van der Waals surface area (Å²) >= 11 is 1.42. The first-order valence-corrected chi connectivity index (χ1v) is 23.9. The molecule has 9 N–H and O–H groups in total. The summed E-state index contributed by atoms with van der Waals surface area (Å²) in [7, 11) is 0. The molecule has 7 atom stereocenters. The summed E-state index contributed by atoms with van der Waals surface area (Å²) in [6.45, 7) is 8.11. The largest absolute Gasteiger partial charge is 0.476 e. The molecule has 4 bridgehead atoms. The molecule has 2 aromatic carbocycles. The summed E-state index contributed by atoms with van der Waals surface area (Å²) < 4.78 is 9.80. The molecule has 0 radical (unpaired) electrons. The number of nitrogens with one attached hydrogen (secondary N) is 2. The van der Waals surface area contributed by atoms with Crippen LogP contribution in [0.15, 0.2) is 60.8 Å². The number of para-hydroxylation sites is 1. The topological polar surface area (TPSA) is 256 Å². The maximum absolute atomic E-state index is 13.7. The molecule has 4 heterocycles. The van der Waals surface area contributed by atoms with E-state index in [1.165, 1.54) is 11.3 Å². The number of thiazole rings is 1. The molecule has 1 amide bonds. The molecule has 2 unspecified atom stereocenters. The molecular weight excluding hydrogens is 879 g/mol. The Morgan fingerprint density at radius 1 is 0.866 bits per heavy atom. The van der Waals surface area contributed by atoms with Gasteiger partial charge in [0, 0.05) is 55.1 Å². The second-order valence-electron chi connectivity index (χ2n) is 20.4. The highest BCUT2D eigenvalue weighted by Crippen LogP contribution is 2.72. The van der Waals surface area contributed by atoms with Crippen LogP contribution in [0.2, 0.25) is 0 Å². The van der Waals surface area contributed by atoms with E-state index >= 15 is 0 Å². The fraction of sp³-hybridized carbons (Fsp3) is 0.531. The van der Waals surface area contributed by atoms with Gasteiger partial charge in [0.2, 0.25) is 0 Å². The smallest absolute Gasteiger partial charge is 0.355 e. The average molecular weight is 940 g/mol. The van der Waals surface area contributed by atoms with Crippen LogP contribution in [0.4, 0.5) is 10.9 Å². The number of aromatic nitrogens is 4. The van der Waals surface area contributed by atoms with E-state index in [1.807, 2.05) is 71.1 Å². The van der Waals surface area contributed by atoms with Crippen molar-refractivity contribution in [3.63, 3.8) is 0 Å².